The predicted octanol–water partition coefficient (Wildman–Crippen LogP) is 3.24. The molecule has 0 aliphatic rings. The summed E-state index contributed by atoms with van der Waals surface area (Å²) >= 11 is 1.39. The molecule has 27 heavy (non-hydrogen) atoms. The molecule has 0 saturated heterocycles. The van der Waals surface area contributed by atoms with Crippen molar-refractivity contribution in [2.75, 3.05) is 19.9 Å². The predicted molar refractivity (Wildman–Crippen MR) is 107 cm³/mol. The van der Waals surface area contributed by atoms with E-state index < -0.39 is 0 Å². The number of amides is 1. The maximum Gasteiger partial charge on any atom is 0.233 e. The molecule has 2 aromatic carbocycles. The number of hydrogen-bond donors (Lipinski definition) is 0. The zero-order valence-corrected chi connectivity index (χ0v) is 16.4. The highest BCUT2D eigenvalue weighted by molar-refractivity contribution is 7.99. The first kappa shape index (κ1) is 19.0. The lowest BCUT2D eigenvalue weighted by molar-refractivity contribution is -0.127. The molecule has 0 spiro atoms. The Balaban J connectivity index is 1.58. The lowest BCUT2D eigenvalue weighted by Gasteiger charge is -2.17. The normalized spacial score (nSPS) is 10.6. The van der Waals surface area contributed by atoms with E-state index in [0.29, 0.717) is 12.3 Å². The molecule has 140 valence electrons. The van der Waals surface area contributed by atoms with Gasteiger partial charge in [0.05, 0.1) is 12.9 Å². The van der Waals surface area contributed by atoms with E-state index >= 15 is 0 Å². The van der Waals surface area contributed by atoms with E-state index in [0.717, 1.165) is 27.9 Å². The Bertz CT molecular complexity index is 894. The van der Waals surface area contributed by atoms with Crippen molar-refractivity contribution < 1.29 is 9.53 Å². The highest BCUT2D eigenvalue weighted by Crippen LogP contribution is 2.22. The summed E-state index contributed by atoms with van der Waals surface area (Å²) in [5.74, 6) is 1.95. The maximum atomic E-state index is 12.5. The Labute approximate surface area is 163 Å². The summed E-state index contributed by atoms with van der Waals surface area (Å²) in [5.41, 5.74) is 2.06. The van der Waals surface area contributed by atoms with Crippen molar-refractivity contribution in [2.24, 2.45) is 7.05 Å². The largest absolute Gasteiger partial charge is 0.497 e. The lowest BCUT2D eigenvalue weighted by atomic mass is 10.2. The molecule has 0 unspecified atom stereocenters. The number of thioether (sulfide) groups is 1. The summed E-state index contributed by atoms with van der Waals surface area (Å²) in [6.45, 7) is 0.553. The molecule has 3 aromatic rings. The second-order valence-corrected chi connectivity index (χ2v) is 7.06. The third kappa shape index (κ3) is 4.68. The van der Waals surface area contributed by atoms with Crippen LogP contribution in [-0.2, 0) is 18.4 Å². The highest BCUT2D eigenvalue weighted by Gasteiger charge is 2.15. The van der Waals surface area contributed by atoms with E-state index in [4.69, 9.17) is 4.74 Å². The van der Waals surface area contributed by atoms with Gasteiger partial charge in [0.15, 0.2) is 11.0 Å². The van der Waals surface area contributed by atoms with Gasteiger partial charge in [-0.3, -0.25) is 4.79 Å². The number of carbonyl (C=O) groups is 1. The fraction of sp³-hybridized carbons (Fsp3) is 0.250. The van der Waals surface area contributed by atoms with E-state index in [1.807, 2.05) is 66.2 Å². The molecule has 0 fully saturated rings. The number of nitrogens with zero attached hydrogens (tertiary/aromatic N) is 4. The fourth-order valence-corrected chi connectivity index (χ4v) is 3.46. The van der Waals surface area contributed by atoms with Gasteiger partial charge >= 0.3 is 0 Å². The first-order valence-corrected chi connectivity index (χ1v) is 9.51. The Morgan fingerprint density at radius 3 is 2.48 bits per heavy atom. The van der Waals surface area contributed by atoms with Crippen LogP contribution in [0.1, 0.15) is 5.56 Å². The number of carbonyl (C=O) groups excluding carboxylic acids is 1. The molecule has 1 amide bonds. The molecule has 0 N–H and O–H groups in total. The minimum Gasteiger partial charge on any atom is -0.497 e. The first-order valence-electron chi connectivity index (χ1n) is 8.53. The summed E-state index contributed by atoms with van der Waals surface area (Å²) < 4.78 is 7.07. The van der Waals surface area contributed by atoms with Gasteiger partial charge in [-0.25, -0.2) is 0 Å². The summed E-state index contributed by atoms with van der Waals surface area (Å²) in [5, 5.41) is 9.19. The number of rotatable bonds is 7. The van der Waals surface area contributed by atoms with Crippen LogP contribution in [0, 0.1) is 0 Å². The minimum atomic E-state index is 0.0417. The van der Waals surface area contributed by atoms with Crippen molar-refractivity contribution in [2.45, 2.75) is 11.7 Å². The van der Waals surface area contributed by atoms with Gasteiger partial charge < -0.3 is 14.2 Å². The quantitative estimate of drug-likeness (QED) is 0.587. The molecule has 7 heteroatoms. The van der Waals surface area contributed by atoms with Crippen LogP contribution >= 0.6 is 11.8 Å². The van der Waals surface area contributed by atoms with Crippen LogP contribution in [0.25, 0.3) is 11.4 Å². The van der Waals surface area contributed by atoms with Crippen LogP contribution in [-0.4, -0.2) is 45.5 Å². The van der Waals surface area contributed by atoms with Crippen LogP contribution in [0.15, 0.2) is 59.8 Å². The van der Waals surface area contributed by atoms with Crippen LogP contribution in [0.3, 0.4) is 0 Å². The van der Waals surface area contributed by atoms with Gasteiger partial charge in [0.2, 0.25) is 5.91 Å². The SMILES string of the molecule is COc1ccc(CN(C)C(=O)CSc2nnc(-c3ccccc3)n2C)cc1. The van der Waals surface area contributed by atoms with Gasteiger partial charge in [-0.2, -0.15) is 0 Å². The Kier molecular flexibility index (Phi) is 6.13. The molecule has 0 bridgehead atoms. The number of hydrogen-bond acceptors (Lipinski definition) is 5. The van der Waals surface area contributed by atoms with Gasteiger partial charge in [0.1, 0.15) is 5.75 Å². The molecule has 0 aliphatic heterocycles. The van der Waals surface area contributed by atoms with Gasteiger partial charge in [0.25, 0.3) is 0 Å². The zero-order chi connectivity index (χ0) is 19.2. The van der Waals surface area contributed by atoms with Gasteiger partial charge in [-0.1, -0.05) is 54.2 Å². The average Bonchev–Trinajstić information content (AvgIpc) is 3.07. The molecule has 0 aliphatic carbocycles. The average molecular weight is 382 g/mol. The number of aromatic nitrogens is 3. The second kappa shape index (κ2) is 8.73. The Morgan fingerprint density at radius 2 is 1.81 bits per heavy atom. The van der Waals surface area contributed by atoms with E-state index in [1.165, 1.54) is 11.8 Å². The third-order valence-corrected chi connectivity index (χ3v) is 5.20. The van der Waals surface area contributed by atoms with Crippen molar-refractivity contribution in [3.63, 3.8) is 0 Å². The van der Waals surface area contributed by atoms with E-state index in [1.54, 1.807) is 19.1 Å². The number of benzene rings is 2. The van der Waals surface area contributed by atoms with Crippen LogP contribution in [0.2, 0.25) is 0 Å². The summed E-state index contributed by atoms with van der Waals surface area (Å²) in [6, 6.07) is 17.6. The van der Waals surface area contributed by atoms with Gasteiger partial charge in [-0.05, 0) is 17.7 Å². The van der Waals surface area contributed by atoms with E-state index in [-0.39, 0.29) is 5.91 Å². The molecule has 0 saturated carbocycles. The van der Waals surface area contributed by atoms with Crippen molar-refractivity contribution in [3.8, 4) is 17.1 Å². The van der Waals surface area contributed by atoms with Crippen LogP contribution in [0.5, 0.6) is 5.75 Å². The maximum absolute atomic E-state index is 12.5. The smallest absolute Gasteiger partial charge is 0.233 e. The Hall–Kier alpha value is -2.80. The summed E-state index contributed by atoms with van der Waals surface area (Å²) in [4.78, 5) is 14.2. The molecule has 1 heterocycles. The summed E-state index contributed by atoms with van der Waals surface area (Å²) in [6.07, 6.45) is 0. The van der Waals surface area contributed by atoms with Crippen molar-refractivity contribution >= 4 is 17.7 Å². The second-order valence-electron chi connectivity index (χ2n) is 6.12. The zero-order valence-electron chi connectivity index (χ0n) is 15.6. The van der Waals surface area contributed by atoms with Crippen LogP contribution < -0.4 is 4.74 Å². The monoisotopic (exact) mass is 382 g/mol. The summed E-state index contributed by atoms with van der Waals surface area (Å²) in [7, 11) is 5.35. The molecule has 1 aromatic heterocycles. The fourth-order valence-electron chi connectivity index (χ4n) is 2.61. The molecule has 0 radical (unpaired) electrons. The molecular formula is C20H22N4O2S. The van der Waals surface area contributed by atoms with E-state index in [9.17, 15) is 4.79 Å². The van der Waals surface area contributed by atoms with Gasteiger partial charge in [0, 0.05) is 26.2 Å². The number of ether oxygens (including phenoxy) is 1. The molecule has 6 nitrogen and oxygen atoms in total. The highest BCUT2D eigenvalue weighted by atomic mass is 32.2. The molecule has 3 rings (SSSR count). The molecule has 0 atom stereocenters. The van der Waals surface area contributed by atoms with Crippen molar-refractivity contribution in [3.05, 3.63) is 60.2 Å². The lowest BCUT2D eigenvalue weighted by Crippen LogP contribution is -2.27. The van der Waals surface area contributed by atoms with Gasteiger partial charge in [-0.15, -0.1) is 10.2 Å². The molecular weight excluding hydrogens is 360 g/mol. The topological polar surface area (TPSA) is 60.2 Å². The Morgan fingerprint density at radius 1 is 1.11 bits per heavy atom. The standard InChI is InChI=1S/C20H22N4O2S/c1-23(13-15-9-11-17(26-3)12-10-15)18(25)14-27-20-22-21-19(24(20)2)16-7-5-4-6-8-16/h4-12H,13-14H2,1-3H3. The first-order chi connectivity index (χ1) is 13.1. The number of methoxy groups -OCH3 is 1. The van der Waals surface area contributed by atoms with Crippen molar-refractivity contribution in [1.29, 1.82) is 0 Å². The van der Waals surface area contributed by atoms with Crippen molar-refractivity contribution in [1.82, 2.24) is 19.7 Å². The van der Waals surface area contributed by atoms with Crippen LogP contribution in [0.4, 0.5) is 0 Å². The van der Waals surface area contributed by atoms with E-state index in [2.05, 4.69) is 10.2 Å². The minimum absolute atomic E-state index is 0.0417. The third-order valence-electron chi connectivity index (χ3n) is 4.20.